The summed E-state index contributed by atoms with van der Waals surface area (Å²) in [6, 6.07) is 6.78. The highest BCUT2D eigenvalue weighted by Gasteiger charge is 2.31. The number of hydrogen-bond donors (Lipinski definition) is 2. The Morgan fingerprint density at radius 2 is 1.81 bits per heavy atom. The highest BCUT2D eigenvalue weighted by atomic mass is 35.5. The van der Waals surface area contributed by atoms with Gasteiger partial charge in [-0.15, -0.1) is 0 Å². The molecule has 0 radical (unpaired) electrons. The van der Waals surface area contributed by atoms with Gasteiger partial charge in [0.15, 0.2) is 0 Å². The van der Waals surface area contributed by atoms with E-state index in [0.717, 1.165) is 12.1 Å². The smallest absolute Gasteiger partial charge is 0.416 e. The number of carboxylic acids is 1. The molecule has 2 rings (SSSR count). The van der Waals surface area contributed by atoms with Crippen molar-refractivity contribution in [1.29, 1.82) is 0 Å². The van der Waals surface area contributed by atoms with Crippen molar-refractivity contribution >= 4 is 35.1 Å². The molecule has 0 fully saturated rings. The fourth-order valence-corrected chi connectivity index (χ4v) is 2.67. The first-order chi connectivity index (χ1) is 12.1. The Kier molecular flexibility index (Phi) is 6.15. The summed E-state index contributed by atoms with van der Waals surface area (Å²) in [4.78, 5) is 23.6. The second-order valence-corrected chi connectivity index (χ2v) is 6.23. The standard InChI is InChI=1S/C17H12Cl2F3NO3/c18-12-5-4-9(13(19)8-12)7-14(16(25)26)23-15(24)10-2-1-3-11(6-10)17(20,21)22/h1-6,8,14H,7H2,(H,23,24)(H,25,26)/t14-/m1/s1. The van der Waals surface area contributed by atoms with Gasteiger partial charge in [0, 0.05) is 22.0 Å². The molecule has 0 aliphatic heterocycles. The van der Waals surface area contributed by atoms with E-state index in [2.05, 4.69) is 5.32 Å². The number of carboxylic acid groups (broad SMARTS) is 1. The quantitative estimate of drug-likeness (QED) is 0.772. The molecule has 2 aromatic rings. The van der Waals surface area contributed by atoms with Gasteiger partial charge in [-0.25, -0.2) is 4.79 Å². The Bertz CT molecular complexity index is 840. The summed E-state index contributed by atoms with van der Waals surface area (Å²) in [6.45, 7) is 0. The van der Waals surface area contributed by atoms with Crippen molar-refractivity contribution in [3.63, 3.8) is 0 Å². The Morgan fingerprint density at radius 3 is 2.38 bits per heavy atom. The van der Waals surface area contributed by atoms with Crippen LogP contribution in [0, 0.1) is 0 Å². The van der Waals surface area contributed by atoms with Crippen LogP contribution in [0.3, 0.4) is 0 Å². The van der Waals surface area contributed by atoms with Crippen LogP contribution in [0.25, 0.3) is 0 Å². The number of amides is 1. The zero-order valence-electron chi connectivity index (χ0n) is 13.0. The third-order valence-electron chi connectivity index (χ3n) is 3.49. The SMILES string of the molecule is O=C(N[C@H](Cc1ccc(Cl)cc1Cl)C(=O)O)c1cccc(C(F)(F)F)c1. The summed E-state index contributed by atoms with van der Waals surface area (Å²) < 4.78 is 38.2. The molecular formula is C17H12Cl2F3NO3. The van der Waals surface area contributed by atoms with E-state index in [1.165, 1.54) is 24.3 Å². The van der Waals surface area contributed by atoms with Crippen molar-refractivity contribution in [3.05, 3.63) is 69.2 Å². The molecule has 0 aliphatic carbocycles. The Morgan fingerprint density at radius 1 is 1.12 bits per heavy atom. The number of aliphatic carboxylic acids is 1. The monoisotopic (exact) mass is 405 g/mol. The van der Waals surface area contributed by atoms with Crippen LogP contribution in [0.1, 0.15) is 21.5 Å². The second-order valence-electron chi connectivity index (χ2n) is 5.38. The molecule has 1 atom stereocenters. The van der Waals surface area contributed by atoms with Crippen molar-refractivity contribution in [1.82, 2.24) is 5.32 Å². The van der Waals surface area contributed by atoms with Gasteiger partial charge in [0.2, 0.25) is 0 Å². The van der Waals surface area contributed by atoms with Gasteiger partial charge in [0.1, 0.15) is 6.04 Å². The van der Waals surface area contributed by atoms with E-state index >= 15 is 0 Å². The molecule has 0 saturated heterocycles. The number of carbonyl (C=O) groups is 2. The summed E-state index contributed by atoms with van der Waals surface area (Å²) >= 11 is 11.8. The molecule has 0 bridgehead atoms. The summed E-state index contributed by atoms with van der Waals surface area (Å²) in [5, 5.41) is 12.1. The fraction of sp³-hybridized carbons (Fsp3) is 0.176. The Balaban J connectivity index is 2.19. The highest BCUT2D eigenvalue weighted by molar-refractivity contribution is 6.35. The minimum Gasteiger partial charge on any atom is -0.480 e. The van der Waals surface area contributed by atoms with E-state index in [0.29, 0.717) is 16.7 Å². The van der Waals surface area contributed by atoms with E-state index in [4.69, 9.17) is 23.2 Å². The summed E-state index contributed by atoms with van der Waals surface area (Å²) in [7, 11) is 0. The molecular weight excluding hydrogens is 394 g/mol. The topological polar surface area (TPSA) is 66.4 Å². The summed E-state index contributed by atoms with van der Waals surface area (Å²) in [5.41, 5.74) is -0.876. The van der Waals surface area contributed by atoms with Crippen LogP contribution in [-0.2, 0) is 17.4 Å². The van der Waals surface area contributed by atoms with Crippen molar-refractivity contribution in [2.45, 2.75) is 18.6 Å². The molecule has 138 valence electrons. The van der Waals surface area contributed by atoms with E-state index < -0.39 is 29.7 Å². The minimum atomic E-state index is -4.61. The van der Waals surface area contributed by atoms with E-state index in [-0.39, 0.29) is 17.0 Å². The maximum Gasteiger partial charge on any atom is 0.416 e. The van der Waals surface area contributed by atoms with Crippen LogP contribution in [0.4, 0.5) is 13.2 Å². The van der Waals surface area contributed by atoms with E-state index in [9.17, 15) is 27.9 Å². The number of halogens is 5. The molecule has 26 heavy (non-hydrogen) atoms. The third-order valence-corrected chi connectivity index (χ3v) is 4.08. The molecule has 2 aromatic carbocycles. The Hall–Kier alpha value is -2.25. The van der Waals surface area contributed by atoms with Gasteiger partial charge in [-0.3, -0.25) is 4.79 Å². The number of rotatable bonds is 5. The number of alkyl halides is 3. The van der Waals surface area contributed by atoms with Crippen LogP contribution in [-0.4, -0.2) is 23.0 Å². The predicted octanol–water partition coefficient (Wildman–Crippen LogP) is 4.44. The van der Waals surface area contributed by atoms with E-state index in [1.54, 1.807) is 0 Å². The van der Waals surface area contributed by atoms with Gasteiger partial charge in [-0.05, 0) is 35.9 Å². The molecule has 0 heterocycles. The van der Waals surface area contributed by atoms with Crippen molar-refractivity contribution in [2.24, 2.45) is 0 Å². The van der Waals surface area contributed by atoms with Crippen LogP contribution < -0.4 is 5.32 Å². The lowest BCUT2D eigenvalue weighted by Gasteiger charge is -2.16. The number of nitrogens with one attached hydrogen (secondary N) is 1. The molecule has 9 heteroatoms. The van der Waals surface area contributed by atoms with Gasteiger partial charge in [0.05, 0.1) is 5.56 Å². The zero-order valence-corrected chi connectivity index (χ0v) is 14.5. The summed E-state index contributed by atoms with van der Waals surface area (Å²) in [5.74, 6) is -2.29. The lowest BCUT2D eigenvalue weighted by Crippen LogP contribution is -2.42. The first-order valence-electron chi connectivity index (χ1n) is 7.23. The number of carbonyl (C=O) groups excluding carboxylic acids is 1. The molecule has 0 unspecified atom stereocenters. The average molecular weight is 406 g/mol. The average Bonchev–Trinajstić information content (AvgIpc) is 2.55. The largest absolute Gasteiger partial charge is 0.480 e. The van der Waals surface area contributed by atoms with E-state index in [1.807, 2.05) is 0 Å². The molecule has 0 aromatic heterocycles. The summed E-state index contributed by atoms with van der Waals surface area (Å²) in [6.07, 6.45) is -4.77. The normalized spacial score (nSPS) is 12.5. The van der Waals surface area contributed by atoms with Gasteiger partial charge < -0.3 is 10.4 Å². The molecule has 0 saturated carbocycles. The molecule has 1 amide bonds. The fourth-order valence-electron chi connectivity index (χ4n) is 2.19. The molecule has 2 N–H and O–H groups in total. The van der Waals surface area contributed by atoms with Crippen molar-refractivity contribution in [3.8, 4) is 0 Å². The van der Waals surface area contributed by atoms with Gasteiger partial charge in [-0.2, -0.15) is 13.2 Å². The van der Waals surface area contributed by atoms with Crippen LogP contribution >= 0.6 is 23.2 Å². The first-order valence-corrected chi connectivity index (χ1v) is 7.98. The number of hydrogen-bond acceptors (Lipinski definition) is 2. The molecule has 4 nitrogen and oxygen atoms in total. The predicted molar refractivity (Wildman–Crippen MR) is 90.5 cm³/mol. The maximum absolute atomic E-state index is 12.7. The number of benzene rings is 2. The van der Waals surface area contributed by atoms with Gasteiger partial charge in [0.25, 0.3) is 5.91 Å². The lowest BCUT2D eigenvalue weighted by molar-refractivity contribution is -0.139. The maximum atomic E-state index is 12.7. The zero-order chi connectivity index (χ0) is 19.5. The van der Waals surface area contributed by atoms with Crippen molar-refractivity contribution < 1.29 is 27.9 Å². The van der Waals surface area contributed by atoms with Crippen molar-refractivity contribution in [2.75, 3.05) is 0 Å². The second kappa shape index (κ2) is 7.97. The lowest BCUT2D eigenvalue weighted by atomic mass is 10.0. The van der Waals surface area contributed by atoms with Crippen LogP contribution in [0.15, 0.2) is 42.5 Å². The van der Waals surface area contributed by atoms with Gasteiger partial charge >= 0.3 is 12.1 Å². The third kappa shape index (κ3) is 5.12. The van der Waals surface area contributed by atoms with Gasteiger partial charge in [-0.1, -0.05) is 35.3 Å². The molecule has 0 spiro atoms. The minimum absolute atomic E-state index is 0.157. The highest BCUT2D eigenvalue weighted by Crippen LogP contribution is 2.29. The molecule has 0 aliphatic rings. The van der Waals surface area contributed by atoms with Crippen LogP contribution in [0.5, 0.6) is 0 Å². The Labute approximate surface area is 156 Å². The van der Waals surface area contributed by atoms with Crippen LogP contribution in [0.2, 0.25) is 10.0 Å². The first kappa shape index (κ1) is 20.1.